The monoisotopic (exact) mass is 260 g/mol. The molecule has 100 valence electrons. The lowest BCUT2D eigenvalue weighted by atomic mass is 10.2. The number of aromatic amines is 1. The Morgan fingerprint density at radius 3 is 2.58 bits per heavy atom. The van der Waals surface area contributed by atoms with Crippen molar-refractivity contribution in [3.8, 4) is 0 Å². The van der Waals surface area contributed by atoms with Gasteiger partial charge in [0.2, 0.25) is 0 Å². The van der Waals surface area contributed by atoms with Crippen molar-refractivity contribution in [2.45, 2.75) is 13.8 Å². The van der Waals surface area contributed by atoms with Crippen LogP contribution in [0.15, 0.2) is 29.1 Å². The summed E-state index contributed by atoms with van der Waals surface area (Å²) < 4.78 is 1.56. The van der Waals surface area contributed by atoms with Crippen molar-refractivity contribution in [1.29, 1.82) is 0 Å². The second-order valence-corrected chi connectivity index (χ2v) is 4.41. The van der Waals surface area contributed by atoms with Gasteiger partial charge in [-0.2, -0.15) is 0 Å². The number of urea groups is 1. The topological polar surface area (TPSA) is 78.9 Å². The maximum absolute atomic E-state index is 11.8. The van der Waals surface area contributed by atoms with Crippen LogP contribution in [0.5, 0.6) is 0 Å². The summed E-state index contributed by atoms with van der Waals surface area (Å²) in [7, 11) is 1.71. The summed E-state index contributed by atoms with van der Waals surface area (Å²) in [5.41, 5.74) is 2.34. The molecule has 0 bridgehead atoms. The summed E-state index contributed by atoms with van der Waals surface area (Å²) in [6.07, 6.45) is 0. The van der Waals surface area contributed by atoms with E-state index in [9.17, 15) is 9.59 Å². The zero-order valence-electron chi connectivity index (χ0n) is 11.1. The van der Waals surface area contributed by atoms with Gasteiger partial charge in [-0.3, -0.25) is 14.6 Å². The number of aromatic nitrogens is 2. The Bertz CT molecular complexity index is 670. The molecule has 2 rings (SSSR count). The Balaban J connectivity index is 2.12. The number of carbonyl (C=O) groups excluding carboxylic acids is 1. The highest BCUT2D eigenvalue weighted by Crippen LogP contribution is 2.11. The van der Waals surface area contributed by atoms with Gasteiger partial charge in [0.25, 0.3) is 5.56 Å². The summed E-state index contributed by atoms with van der Waals surface area (Å²) in [5, 5.41) is 7.81. The molecule has 1 heterocycles. The van der Waals surface area contributed by atoms with Crippen LogP contribution >= 0.6 is 0 Å². The first-order valence-corrected chi connectivity index (χ1v) is 5.87. The van der Waals surface area contributed by atoms with Crippen LogP contribution in [0.4, 0.5) is 16.2 Å². The summed E-state index contributed by atoms with van der Waals surface area (Å²) in [4.78, 5) is 23.4. The highest BCUT2D eigenvalue weighted by atomic mass is 16.2. The number of benzene rings is 1. The number of carbonyl (C=O) groups is 1. The Morgan fingerprint density at radius 1 is 1.26 bits per heavy atom. The fourth-order valence-corrected chi connectivity index (χ4v) is 1.77. The standard InChI is InChI=1S/C13H16N4O2/c1-8-5-4-6-10(7-8)14-13(19)15-11-9(2)17(3)16-12(11)18/h4-7H,1-3H3,(H,16,18)(H2,14,15,19). The van der Waals surface area contributed by atoms with Gasteiger partial charge in [0.1, 0.15) is 5.69 Å². The molecule has 19 heavy (non-hydrogen) atoms. The van der Waals surface area contributed by atoms with Crippen LogP contribution in [0.1, 0.15) is 11.3 Å². The number of amides is 2. The zero-order chi connectivity index (χ0) is 14.0. The smallest absolute Gasteiger partial charge is 0.308 e. The summed E-state index contributed by atoms with van der Waals surface area (Å²) >= 11 is 0. The molecular weight excluding hydrogens is 244 g/mol. The van der Waals surface area contributed by atoms with Gasteiger partial charge < -0.3 is 10.6 Å². The summed E-state index contributed by atoms with van der Waals surface area (Å²) in [6.45, 7) is 3.69. The minimum Gasteiger partial charge on any atom is -0.308 e. The number of rotatable bonds is 2. The van der Waals surface area contributed by atoms with Crippen LogP contribution < -0.4 is 16.2 Å². The highest BCUT2D eigenvalue weighted by Gasteiger charge is 2.12. The van der Waals surface area contributed by atoms with Crippen LogP contribution in [0, 0.1) is 13.8 Å². The number of H-pyrrole nitrogens is 1. The van der Waals surface area contributed by atoms with Crippen molar-refractivity contribution >= 4 is 17.4 Å². The second-order valence-electron chi connectivity index (χ2n) is 4.41. The number of nitrogens with zero attached hydrogens (tertiary/aromatic N) is 1. The quantitative estimate of drug-likeness (QED) is 0.772. The van der Waals surface area contributed by atoms with E-state index in [0.717, 1.165) is 5.56 Å². The van der Waals surface area contributed by atoms with Crippen molar-refractivity contribution in [1.82, 2.24) is 9.78 Å². The molecule has 0 fully saturated rings. The van der Waals surface area contributed by atoms with Gasteiger partial charge in [-0.05, 0) is 31.5 Å². The zero-order valence-corrected chi connectivity index (χ0v) is 11.1. The first-order valence-electron chi connectivity index (χ1n) is 5.87. The maximum atomic E-state index is 11.8. The minimum atomic E-state index is -0.439. The molecular formula is C13H16N4O2. The largest absolute Gasteiger partial charge is 0.323 e. The van der Waals surface area contributed by atoms with Crippen molar-refractivity contribution in [3.05, 3.63) is 45.9 Å². The molecule has 1 aromatic heterocycles. The lowest BCUT2D eigenvalue weighted by molar-refractivity contribution is 0.262. The lowest BCUT2D eigenvalue weighted by Crippen LogP contribution is -2.23. The molecule has 0 spiro atoms. The molecule has 0 aliphatic heterocycles. The fourth-order valence-electron chi connectivity index (χ4n) is 1.77. The SMILES string of the molecule is Cc1cccc(NC(=O)Nc2c(C)n(C)[nH]c2=O)c1. The van der Waals surface area contributed by atoms with E-state index >= 15 is 0 Å². The fraction of sp³-hybridized carbons (Fsp3) is 0.231. The van der Waals surface area contributed by atoms with Crippen molar-refractivity contribution in [3.63, 3.8) is 0 Å². The van der Waals surface area contributed by atoms with Crippen LogP contribution in [-0.4, -0.2) is 15.8 Å². The molecule has 0 atom stereocenters. The molecule has 6 nitrogen and oxygen atoms in total. The van der Waals surface area contributed by atoms with Crippen molar-refractivity contribution in [2.75, 3.05) is 10.6 Å². The predicted octanol–water partition coefficient (Wildman–Crippen LogP) is 1.97. The molecule has 1 aromatic carbocycles. The van der Waals surface area contributed by atoms with E-state index in [-0.39, 0.29) is 11.2 Å². The Kier molecular flexibility index (Phi) is 3.41. The lowest BCUT2D eigenvalue weighted by Gasteiger charge is -2.07. The molecule has 0 saturated carbocycles. The van der Waals surface area contributed by atoms with Gasteiger partial charge in [-0.15, -0.1) is 0 Å². The third-order valence-electron chi connectivity index (χ3n) is 2.88. The van der Waals surface area contributed by atoms with E-state index < -0.39 is 6.03 Å². The van der Waals surface area contributed by atoms with E-state index in [2.05, 4.69) is 15.7 Å². The highest BCUT2D eigenvalue weighted by molar-refractivity contribution is 5.99. The van der Waals surface area contributed by atoms with Crippen LogP contribution in [0.2, 0.25) is 0 Å². The van der Waals surface area contributed by atoms with Gasteiger partial charge in [0, 0.05) is 12.7 Å². The molecule has 0 unspecified atom stereocenters. The molecule has 3 N–H and O–H groups in total. The van der Waals surface area contributed by atoms with E-state index in [0.29, 0.717) is 11.4 Å². The molecule has 0 aliphatic rings. The molecule has 2 amide bonds. The molecule has 0 saturated heterocycles. The third-order valence-corrected chi connectivity index (χ3v) is 2.88. The predicted molar refractivity (Wildman–Crippen MR) is 74.6 cm³/mol. The molecule has 0 radical (unpaired) electrons. The minimum absolute atomic E-state index is 0.257. The number of hydrogen-bond donors (Lipinski definition) is 3. The van der Waals surface area contributed by atoms with E-state index in [1.807, 2.05) is 25.1 Å². The van der Waals surface area contributed by atoms with Crippen LogP contribution in [-0.2, 0) is 7.05 Å². The normalized spacial score (nSPS) is 10.3. The van der Waals surface area contributed by atoms with Crippen LogP contribution in [0.3, 0.4) is 0 Å². The third kappa shape index (κ3) is 2.85. The molecule has 2 aromatic rings. The Morgan fingerprint density at radius 2 is 2.00 bits per heavy atom. The molecule has 6 heteroatoms. The number of anilines is 2. The number of aryl methyl sites for hydroxylation is 2. The average molecular weight is 260 g/mol. The van der Waals surface area contributed by atoms with Crippen LogP contribution in [0.25, 0.3) is 0 Å². The van der Waals surface area contributed by atoms with E-state index in [4.69, 9.17) is 0 Å². The first kappa shape index (κ1) is 12.9. The first-order chi connectivity index (χ1) is 8.97. The van der Waals surface area contributed by atoms with Gasteiger partial charge in [-0.1, -0.05) is 12.1 Å². The van der Waals surface area contributed by atoms with Gasteiger partial charge in [0.05, 0.1) is 5.69 Å². The summed E-state index contributed by atoms with van der Waals surface area (Å²) in [5.74, 6) is 0. The Hall–Kier alpha value is -2.50. The van der Waals surface area contributed by atoms with Crippen molar-refractivity contribution < 1.29 is 4.79 Å². The van der Waals surface area contributed by atoms with Crippen molar-refractivity contribution in [2.24, 2.45) is 7.05 Å². The average Bonchev–Trinajstić information content (AvgIpc) is 2.56. The number of hydrogen-bond acceptors (Lipinski definition) is 2. The van der Waals surface area contributed by atoms with E-state index in [1.165, 1.54) is 0 Å². The van der Waals surface area contributed by atoms with Gasteiger partial charge in [0.15, 0.2) is 0 Å². The van der Waals surface area contributed by atoms with E-state index in [1.54, 1.807) is 24.7 Å². The Labute approximate surface area is 110 Å². The van der Waals surface area contributed by atoms with Gasteiger partial charge >= 0.3 is 6.03 Å². The second kappa shape index (κ2) is 5.01. The maximum Gasteiger partial charge on any atom is 0.323 e. The summed E-state index contributed by atoms with van der Waals surface area (Å²) in [6, 6.07) is 6.99. The van der Waals surface area contributed by atoms with Gasteiger partial charge in [-0.25, -0.2) is 4.79 Å². The number of nitrogens with one attached hydrogen (secondary N) is 3. The molecule has 0 aliphatic carbocycles.